The predicted molar refractivity (Wildman–Crippen MR) is 76.6 cm³/mol. The molecule has 1 fully saturated rings. The Labute approximate surface area is 127 Å². The fraction of sp³-hybridized carbons (Fsp3) is 0.667. The number of thiophene rings is 1. The summed E-state index contributed by atoms with van der Waals surface area (Å²) >= 11 is 1.10. The number of ether oxygens (including phenoxy) is 1. The Morgan fingerprint density at radius 3 is 2.52 bits per heavy atom. The second-order valence-corrected chi connectivity index (χ2v) is 8.05. The fourth-order valence-corrected chi connectivity index (χ4v) is 4.43. The molecule has 4 N–H and O–H groups in total. The van der Waals surface area contributed by atoms with Crippen molar-refractivity contribution >= 4 is 21.4 Å². The molecule has 1 aromatic heterocycles. The van der Waals surface area contributed by atoms with Crippen molar-refractivity contribution in [3.8, 4) is 0 Å². The van der Waals surface area contributed by atoms with Crippen molar-refractivity contribution < 1.29 is 28.5 Å². The number of hydrogen-bond donors (Lipinski definition) is 4. The third kappa shape index (κ3) is 3.62. The summed E-state index contributed by atoms with van der Waals surface area (Å²) < 4.78 is 32.0. The van der Waals surface area contributed by atoms with Gasteiger partial charge in [-0.25, -0.2) is 13.1 Å². The molecule has 9 heteroatoms. The Bertz CT molecular complexity index is 586. The molecule has 0 bridgehead atoms. The Kier molecular flexibility index (Phi) is 5.03. The Balaban J connectivity index is 2.02. The van der Waals surface area contributed by atoms with Crippen molar-refractivity contribution in [2.45, 2.75) is 48.6 Å². The average molecular weight is 337 g/mol. The highest BCUT2D eigenvalue weighted by Crippen LogP contribution is 2.22. The van der Waals surface area contributed by atoms with Crippen molar-refractivity contribution in [1.82, 2.24) is 4.72 Å². The average Bonchev–Trinajstić information content (AvgIpc) is 2.86. The van der Waals surface area contributed by atoms with Gasteiger partial charge in [0.15, 0.2) is 0 Å². The second kappa shape index (κ2) is 6.29. The van der Waals surface area contributed by atoms with Crippen LogP contribution in [-0.4, -0.2) is 60.8 Å². The van der Waals surface area contributed by atoms with E-state index in [0.717, 1.165) is 16.9 Å². The molecule has 1 aliphatic rings. The van der Waals surface area contributed by atoms with Gasteiger partial charge in [0.1, 0.15) is 28.6 Å². The summed E-state index contributed by atoms with van der Waals surface area (Å²) in [4.78, 5) is 0. The molecular weight excluding hydrogens is 318 g/mol. The van der Waals surface area contributed by atoms with Crippen LogP contribution in [0.25, 0.3) is 0 Å². The van der Waals surface area contributed by atoms with Gasteiger partial charge in [-0.3, -0.25) is 0 Å². The zero-order valence-electron chi connectivity index (χ0n) is 11.6. The zero-order chi connectivity index (χ0) is 15.8. The minimum atomic E-state index is -3.68. The standard InChI is InChI=1S/C12H19NO6S2/c1-6-3-9(20-5-6)21(17,18)13-4-8-11(15)12(16)10(14)7(2)19-8/h3,5,7-8,10-16H,4H2,1-2H3/t7?,8-,10-,11?,12?/m1/s1. The lowest BCUT2D eigenvalue weighted by molar-refractivity contribution is -0.214. The van der Waals surface area contributed by atoms with E-state index < -0.39 is 40.5 Å². The van der Waals surface area contributed by atoms with Gasteiger partial charge in [-0.15, -0.1) is 11.3 Å². The molecule has 21 heavy (non-hydrogen) atoms. The molecule has 1 aliphatic heterocycles. The highest BCUT2D eigenvalue weighted by Gasteiger charge is 2.41. The lowest BCUT2D eigenvalue weighted by Gasteiger charge is -2.39. The first kappa shape index (κ1) is 16.8. The van der Waals surface area contributed by atoms with E-state index in [1.807, 2.05) is 0 Å². The molecule has 1 aromatic rings. The van der Waals surface area contributed by atoms with Crippen LogP contribution >= 0.6 is 11.3 Å². The van der Waals surface area contributed by atoms with Gasteiger partial charge in [0.05, 0.1) is 6.10 Å². The Morgan fingerprint density at radius 1 is 1.29 bits per heavy atom. The summed E-state index contributed by atoms with van der Waals surface area (Å²) in [5.41, 5.74) is 0.849. The van der Waals surface area contributed by atoms with E-state index in [9.17, 15) is 23.7 Å². The maximum atomic E-state index is 12.1. The first-order chi connectivity index (χ1) is 9.72. The first-order valence-corrected chi connectivity index (χ1v) is 8.83. The van der Waals surface area contributed by atoms with Gasteiger partial charge < -0.3 is 20.1 Å². The van der Waals surface area contributed by atoms with Crippen LogP contribution in [0.2, 0.25) is 0 Å². The lowest BCUT2D eigenvalue weighted by Crippen LogP contribution is -2.59. The fourth-order valence-electron chi connectivity index (χ4n) is 2.11. The maximum absolute atomic E-state index is 12.1. The Hall–Kier alpha value is -0.550. The molecule has 2 heterocycles. The monoisotopic (exact) mass is 337 g/mol. The number of hydrogen-bond acceptors (Lipinski definition) is 7. The molecule has 1 saturated heterocycles. The van der Waals surface area contributed by atoms with E-state index in [4.69, 9.17) is 4.74 Å². The highest BCUT2D eigenvalue weighted by atomic mass is 32.2. The number of aliphatic hydroxyl groups is 3. The molecule has 0 aliphatic carbocycles. The number of rotatable bonds is 4. The third-order valence-electron chi connectivity index (χ3n) is 3.40. The zero-order valence-corrected chi connectivity index (χ0v) is 13.3. The van der Waals surface area contributed by atoms with Crippen LogP contribution in [0.15, 0.2) is 15.7 Å². The van der Waals surface area contributed by atoms with Crippen molar-refractivity contribution in [1.29, 1.82) is 0 Å². The van der Waals surface area contributed by atoms with Gasteiger partial charge in [-0.1, -0.05) is 0 Å². The van der Waals surface area contributed by atoms with E-state index in [-0.39, 0.29) is 10.8 Å². The summed E-state index contributed by atoms with van der Waals surface area (Å²) in [5.74, 6) is 0. The normalized spacial score (nSPS) is 34.0. The SMILES string of the molecule is Cc1csc(S(=O)(=O)NC[C@H]2OC(C)[C@@H](O)C(O)C2O)c1. The van der Waals surface area contributed by atoms with E-state index in [0.29, 0.717) is 0 Å². The van der Waals surface area contributed by atoms with Gasteiger partial charge in [-0.2, -0.15) is 0 Å². The summed E-state index contributed by atoms with van der Waals surface area (Å²) in [6.45, 7) is 3.15. The van der Waals surface area contributed by atoms with Crippen LogP contribution in [0.4, 0.5) is 0 Å². The van der Waals surface area contributed by atoms with Gasteiger partial charge >= 0.3 is 0 Å². The quantitative estimate of drug-likeness (QED) is 0.572. The van der Waals surface area contributed by atoms with Crippen molar-refractivity contribution in [2.75, 3.05) is 6.54 Å². The topological polar surface area (TPSA) is 116 Å². The maximum Gasteiger partial charge on any atom is 0.250 e. The Morgan fingerprint density at radius 2 is 1.95 bits per heavy atom. The van der Waals surface area contributed by atoms with Crippen LogP contribution in [-0.2, 0) is 14.8 Å². The molecule has 0 saturated carbocycles. The minimum absolute atomic E-state index is 0.180. The molecule has 2 rings (SSSR count). The lowest BCUT2D eigenvalue weighted by atomic mass is 9.96. The summed E-state index contributed by atoms with van der Waals surface area (Å²) in [6.07, 6.45) is -5.54. The summed E-state index contributed by atoms with van der Waals surface area (Å²) in [6, 6.07) is 1.55. The molecule has 0 radical (unpaired) electrons. The number of sulfonamides is 1. The van der Waals surface area contributed by atoms with Crippen LogP contribution in [0, 0.1) is 6.92 Å². The smallest absolute Gasteiger partial charge is 0.250 e. The number of aliphatic hydroxyl groups excluding tert-OH is 3. The van der Waals surface area contributed by atoms with Crippen molar-refractivity contribution in [2.24, 2.45) is 0 Å². The first-order valence-electron chi connectivity index (χ1n) is 6.47. The molecule has 7 nitrogen and oxygen atoms in total. The number of aryl methyl sites for hydroxylation is 1. The van der Waals surface area contributed by atoms with E-state index in [2.05, 4.69) is 4.72 Å². The van der Waals surface area contributed by atoms with Gasteiger partial charge in [0.2, 0.25) is 10.0 Å². The van der Waals surface area contributed by atoms with Crippen molar-refractivity contribution in [3.63, 3.8) is 0 Å². The van der Waals surface area contributed by atoms with Crippen LogP contribution in [0.3, 0.4) is 0 Å². The van der Waals surface area contributed by atoms with Gasteiger partial charge in [-0.05, 0) is 30.9 Å². The molecule has 5 atom stereocenters. The molecule has 0 spiro atoms. The molecule has 3 unspecified atom stereocenters. The van der Waals surface area contributed by atoms with Gasteiger partial charge in [0, 0.05) is 6.54 Å². The second-order valence-electron chi connectivity index (χ2n) is 5.15. The van der Waals surface area contributed by atoms with E-state index >= 15 is 0 Å². The van der Waals surface area contributed by atoms with Crippen molar-refractivity contribution in [3.05, 3.63) is 17.0 Å². The minimum Gasteiger partial charge on any atom is -0.388 e. The predicted octanol–water partition coefficient (Wildman–Crippen LogP) is -0.795. The van der Waals surface area contributed by atoms with Gasteiger partial charge in [0.25, 0.3) is 0 Å². The van der Waals surface area contributed by atoms with E-state index in [1.54, 1.807) is 25.3 Å². The molecule has 0 aromatic carbocycles. The number of nitrogens with one attached hydrogen (secondary N) is 1. The largest absolute Gasteiger partial charge is 0.388 e. The van der Waals surface area contributed by atoms with Crippen LogP contribution in [0.1, 0.15) is 12.5 Å². The molecule has 120 valence electrons. The van der Waals surface area contributed by atoms with Crippen LogP contribution < -0.4 is 4.72 Å². The molecule has 0 amide bonds. The van der Waals surface area contributed by atoms with E-state index in [1.165, 1.54) is 0 Å². The summed E-state index contributed by atoms with van der Waals surface area (Å²) in [7, 11) is -3.68. The third-order valence-corrected chi connectivity index (χ3v) is 6.38. The molecular formula is C12H19NO6S2. The van der Waals surface area contributed by atoms with Crippen LogP contribution in [0.5, 0.6) is 0 Å². The highest BCUT2D eigenvalue weighted by molar-refractivity contribution is 7.91. The summed E-state index contributed by atoms with van der Waals surface area (Å²) in [5, 5.41) is 30.8.